The van der Waals surface area contributed by atoms with Crippen LogP contribution in [-0.2, 0) is 16.6 Å². The summed E-state index contributed by atoms with van der Waals surface area (Å²) in [7, 11) is 2.01. The predicted molar refractivity (Wildman–Crippen MR) is 120 cm³/mol. The van der Waals surface area contributed by atoms with E-state index in [2.05, 4.69) is 18.8 Å². The van der Waals surface area contributed by atoms with Crippen LogP contribution >= 0.6 is 11.8 Å². The van der Waals surface area contributed by atoms with E-state index < -0.39 is 0 Å². The fourth-order valence-electron chi connectivity index (χ4n) is 4.28. The summed E-state index contributed by atoms with van der Waals surface area (Å²) in [4.78, 5) is 33.8. The molecule has 2 fully saturated rings. The van der Waals surface area contributed by atoms with Crippen molar-refractivity contribution in [2.45, 2.75) is 38.3 Å². The zero-order valence-corrected chi connectivity index (χ0v) is 18.8. The highest BCUT2D eigenvalue weighted by Crippen LogP contribution is 2.30. The number of imidazole rings is 1. The summed E-state index contributed by atoms with van der Waals surface area (Å²) in [6.45, 7) is 6.20. The summed E-state index contributed by atoms with van der Waals surface area (Å²) in [5.41, 5.74) is 3.28. The van der Waals surface area contributed by atoms with Crippen LogP contribution in [0.3, 0.4) is 0 Å². The summed E-state index contributed by atoms with van der Waals surface area (Å²) < 4.78 is 2.04. The van der Waals surface area contributed by atoms with Crippen molar-refractivity contribution in [1.29, 1.82) is 0 Å². The van der Waals surface area contributed by atoms with Gasteiger partial charge in [-0.05, 0) is 55.9 Å². The molecule has 4 rings (SSSR count). The van der Waals surface area contributed by atoms with Crippen molar-refractivity contribution in [3.8, 4) is 0 Å². The second kappa shape index (κ2) is 8.84. The Balaban J connectivity index is 1.29. The van der Waals surface area contributed by atoms with Gasteiger partial charge in [0.25, 0.3) is 0 Å². The molecule has 0 spiro atoms. The van der Waals surface area contributed by atoms with Gasteiger partial charge < -0.3 is 14.4 Å². The average Bonchev–Trinajstić information content (AvgIpc) is 3.33. The van der Waals surface area contributed by atoms with Gasteiger partial charge in [-0.25, -0.2) is 4.98 Å². The van der Waals surface area contributed by atoms with Crippen LogP contribution in [0, 0.1) is 25.7 Å². The number of rotatable bonds is 5. The zero-order valence-electron chi connectivity index (χ0n) is 18.0. The predicted octanol–water partition coefficient (Wildman–Crippen LogP) is 3.42. The molecule has 2 amide bonds. The van der Waals surface area contributed by atoms with E-state index in [0.717, 1.165) is 42.5 Å². The minimum atomic E-state index is -0.224. The molecule has 0 N–H and O–H groups in total. The molecule has 1 atom stereocenters. The molecule has 0 radical (unpaired) electrons. The number of carbonyl (C=O) groups excluding carboxylic acids is 2. The van der Waals surface area contributed by atoms with Gasteiger partial charge in [-0.2, -0.15) is 0 Å². The number of amides is 2. The molecule has 0 saturated carbocycles. The average molecular weight is 427 g/mol. The minimum Gasteiger partial charge on any atom is -0.342 e. The lowest BCUT2D eigenvalue weighted by Gasteiger charge is -2.33. The van der Waals surface area contributed by atoms with E-state index in [4.69, 9.17) is 0 Å². The third kappa shape index (κ3) is 4.41. The molecule has 2 saturated heterocycles. The van der Waals surface area contributed by atoms with Crippen LogP contribution in [0.1, 0.15) is 30.4 Å². The molecule has 3 heterocycles. The first-order valence-electron chi connectivity index (χ1n) is 10.7. The molecule has 2 aromatic rings. The summed E-state index contributed by atoms with van der Waals surface area (Å²) in [6.07, 6.45) is 6.15. The third-order valence-corrected chi connectivity index (χ3v) is 7.72. The number of aromatic nitrogens is 2. The Bertz CT molecular complexity index is 933. The number of aryl methyl sites for hydroxylation is 3. The minimum absolute atomic E-state index is 0.0537. The second-order valence-corrected chi connectivity index (χ2v) is 9.56. The lowest BCUT2D eigenvalue weighted by atomic mass is 9.97. The number of thioether (sulfide) groups is 1. The molecule has 2 aliphatic rings. The van der Waals surface area contributed by atoms with Gasteiger partial charge in [-0.15, -0.1) is 0 Å². The van der Waals surface area contributed by atoms with Crippen molar-refractivity contribution in [2.75, 3.05) is 30.3 Å². The molecule has 160 valence electrons. The van der Waals surface area contributed by atoms with E-state index in [0.29, 0.717) is 18.9 Å². The number of anilines is 1. The molecular weight excluding hydrogens is 396 g/mol. The Hall–Kier alpha value is -2.28. The normalized spacial score (nSPS) is 20.2. The summed E-state index contributed by atoms with van der Waals surface area (Å²) in [6, 6.07) is 6.07. The highest BCUT2D eigenvalue weighted by molar-refractivity contribution is 7.99. The van der Waals surface area contributed by atoms with E-state index in [1.54, 1.807) is 16.7 Å². The van der Waals surface area contributed by atoms with E-state index in [1.165, 1.54) is 11.1 Å². The number of benzene rings is 1. The lowest BCUT2D eigenvalue weighted by Crippen LogP contribution is -2.42. The van der Waals surface area contributed by atoms with Gasteiger partial charge in [0, 0.05) is 56.9 Å². The number of likely N-dealkylation sites (tertiary alicyclic amines) is 1. The van der Waals surface area contributed by atoms with Crippen molar-refractivity contribution >= 4 is 29.3 Å². The van der Waals surface area contributed by atoms with Gasteiger partial charge in [0.1, 0.15) is 0 Å². The molecule has 0 aliphatic carbocycles. The van der Waals surface area contributed by atoms with E-state index >= 15 is 0 Å². The topological polar surface area (TPSA) is 58.4 Å². The fourth-order valence-corrected chi connectivity index (χ4v) is 5.40. The Labute approximate surface area is 182 Å². The number of piperidine rings is 1. The maximum atomic E-state index is 13.1. The van der Waals surface area contributed by atoms with Crippen molar-refractivity contribution in [3.63, 3.8) is 0 Å². The summed E-state index contributed by atoms with van der Waals surface area (Å²) >= 11 is 1.79. The van der Waals surface area contributed by atoms with Gasteiger partial charge in [0.2, 0.25) is 11.8 Å². The van der Waals surface area contributed by atoms with Crippen LogP contribution in [-0.4, -0.2) is 51.7 Å². The Kier molecular flexibility index (Phi) is 6.18. The quantitative estimate of drug-likeness (QED) is 0.688. The largest absolute Gasteiger partial charge is 0.342 e. The van der Waals surface area contributed by atoms with E-state index in [1.807, 2.05) is 47.1 Å². The molecule has 7 heteroatoms. The smallest absolute Gasteiger partial charge is 0.228 e. The van der Waals surface area contributed by atoms with Crippen molar-refractivity contribution in [1.82, 2.24) is 14.5 Å². The van der Waals surface area contributed by atoms with Crippen LogP contribution in [0.4, 0.5) is 5.69 Å². The number of hydrogen-bond donors (Lipinski definition) is 0. The van der Waals surface area contributed by atoms with Crippen LogP contribution < -0.4 is 4.90 Å². The molecule has 0 bridgehead atoms. The van der Waals surface area contributed by atoms with Gasteiger partial charge in [-0.3, -0.25) is 9.59 Å². The van der Waals surface area contributed by atoms with Gasteiger partial charge >= 0.3 is 0 Å². The highest BCUT2D eigenvalue weighted by Gasteiger charge is 2.38. The van der Waals surface area contributed by atoms with Crippen LogP contribution in [0.25, 0.3) is 0 Å². The third-order valence-electron chi connectivity index (χ3n) is 6.43. The van der Waals surface area contributed by atoms with E-state index in [-0.39, 0.29) is 17.7 Å². The molecule has 2 aliphatic heterocycles. The molecule has 1 unspecified atom stereocenters. The lowest BCUT2D eigenvalue weighted by molar-refractivity contribution is -0.137. The molecular formula is C23H30N4O2S. The van der Waals surface area contributed by atoms with Crippen molar-refractivity contribution in [2.24, 2.45) is 18.9 Å². The van der Waals surface area contributed by atoms with Crippen LogP contribution in [0.5, 0.6) is 0 Å². The van der Waals surface area contributed by atoms with Gasteiger partial charge in [0.15, 0.2) is 5.16 Å². The van der Waals surface area contributed by atoms with Crippen LogP contribution in [0.15, 0.2) is 35.7 Å². The molecule has 30 heavy (non-hydrogen) atoms. The first-order chi connectivity index (χ1) is 14.4. The maximum Gasteiger partial charge on any atom is 0.228 e. The monoisotopic (exact) mass is 426 g/mol. The highest BCUT2D eigenvalue weighted by atomic mass is 32.2. The Morgan fingerprint density at radius 3 is 2.63 bits per heavy atom. The van der Waals surface area contributed by atoms with Gasteiger partial charge in [0.05, 0.1) is 5.92 Å². The summed E-state index contributed by atoms with van der Waals surface area (Å²) in [5, 5.41) is 1.05. The number of carbonyl (C=O) groups is 2. The van der Waals surface area contributed by atoms with Crippen molar-refractivity contribution < 1.29 is 9.59 Å². The first-order valence-corrected chi connectivity index (χ1v) is 11.7. The Morgan fingerprint density at radius 2 is 1.97 bits per heavy atom. The molecule has 1 aromatic carbocycles. The first kappa shape index (κ1) is 21.0. The SMILES string of the molecule is Cc1ccc(N2CC(C(=O)N3CCC(CSc4nccn4C)CC3)CC2=O)cc1C. The maximum absolute atomic E-state index is 13.1. The van der Waals surface area contributed by atoms with Crippen LogP contribution in [0.2, 0.25) is 0 Å². The fraction of sp³-hybridized carbons (Fsp3) is 0.522. The standard InChI is InChI=1S/C23H30N4O2S/c1-16-4-5-20(12-17(16)2)27-14-19(13-21(27)28)22(29)26-9-6-18(7-10-26)15-30-23-24-8-11-25(23)3/h4-5,8,11-12,18-19H,6-7,9-10,13-15H2,1-3H3. The summed E-state index contributed by atoms with van der Waals surface area (Å²) in [5.74, 6) is 1.61. The number of hydrogen-bond acceptors (Lipinski definition) is 4. The Morgan fingerprint density at radius 1 is 1.20 bits per heavy atom. The molecule has 1 aromatic heterocycles. The van der Waals surface area contributed by atoms with Gasteiger partial charge in [-0.1, -0.05) is 17.8 Å². The van der Waals surface area contributed by atoms with E-state index in [9.17, 15) is 9.59 Å². The van der Waals surface area contributed by atoms with Crippen molar-refractivity contribution in [3.05, 3.63) is 41.7 Å². The zero-order chi connectivity index (χ0) is 21.3. The number of nitrogens with zero attached hydrogens (tertiary/aromatic N) is 4. The molecule has 6 nitrogen and oxygen atoms in total. The second-order valence-electron chi connectivity index (χ2n) is 8.57.